The third kappa shape index (κ3) is 10.0. The summed E-state index contributed by atoms with van der Waals surface area (Å²) < 4.78 is 0. The Bertz CT molecular complexity index is 244. The maximum Gasteiger partial charge on any atom is 0.265 e. The number of carbonyl (C=O) groups is 1. The van der Waals surface area contributed by atoms with E-state index in [0.29, 0.717) is 6.54 Å². The molecule has 0 aliphatic carbocycles. The molecule has 0 unspecified atom stereocenters. The summed E-state index contributed by atoms with van der Waals surface area (Å²) in [5, 5.41) is 13.5. The van der Waals surface area contributed by atoms with E-state index in [4.69, 9.17) is 5.21 Å². The van der Waals surface area contributed by atoms with Gasteiger partial charge in [0, 0.05) is 6.54 Å². The lowest BCUT2D eigenvalue weighted by Crippen LogP contribution is -2.32. The fourth-order valence-corrected chi connectivity index (χ4v) is 1.65. The average molecular weight is 258 g/mol. The van der Waals surface area contributed by atoms with Crippen molar-refractivity contribution in [2.24, 2.45) is 5.16 Å². The van der Waals surface area contributed by atoms with Gasteiger partial charge in [0.2, 0.25) is 0 Å². The molecule has 0 radical (unpaired) electrons. The van der Waals surface area contributed by atoms with Gasteiger partial charge in [-0.25, -0.2) is 0 Å². The maximum absolute atomic E-state index is 11.0. The van der Waals surface area contributed by atoms with Crippen molar-refractivity contribution in [2.45, 2.75) is 19.8 Å². The first-order valence-corrected chi connectivity index (χ1v) is 6.42. The van der Waals surface area contributed by atoms with Gasteiger partial charge in [0.1, 0.15) is 6.21 Å². The molecule has 106 valence electrons. The molecule has 0 rings (SSSR count). The number of nitrogens with zero attached hydrogens (tertiary/aromatic N) is 3. The van der Waals surface area contributed by atoms with Crippen LogP contribution in [0.1, 0.15) is 19.8 Å². The minimum atomic E-state index is -0.354. The van der Waals surface area contributed by atoms with Crippen molar-refractivity contribution in [1.82, 2.24) is 15.1 Å². The summed E-state index contributed by atoms with van der Waals surface area (Å²) in [4.78, 5) is 15.5. The second-order valence-corrected chi connectivity index (χ2v) is 4.48. The fourth-order valence-electron chi connectivity index (χ4n) is 1.65. The Morgan fingerprint density at radius 3 is 2.50 bits per heavy atom. The molecule has 0 aliphatic heterocycles. The molecule has 0 bridgehead atoms. The van der Waals surface area contributed by atoms with Gasteiger partial charge in [-0.15, -0.1) is 0 Å². The monoisotopic (exact) mass is 258 g/mol. The lowest BCUT2D eigenvalue weighted by Gasteiger charge is -2.21. The highest BCUT2D eigenvalue weighted by molar-refractivity contribution is 6.25. The normalized spacial score (nSPS) is 11.6. The van der Waals surface area contributed by atoms with Gasteiger partial charge in [0.05, 0.1) is 0 Å². The van der Waals surface area contributed by atoms with Crippen LogP contribution in [-0.4, -0.2) is 73.9 Å². The van der Waals surface area contributed by atoms with E-state index < -0.39 is 0 Å². The summed E-state index contributed by atoms with van der Waals surface area (Å²) in [6.45, 7) is 6.93. The average Bonchev–Trinajstić information content (AvgIpc) is 2.32. The second-order valence-electron chi connectivity index (χ2n) is 4.48. The molecule has 1 amide bonds. The molecule has 0 spiro atoms. The molecule has 6 nitrogen and oxygen atoms in total. The van der Waals surface area contributed by atoms with Gasteiger partial charge in [0.15, 0.2) is 0 Å². The second kappa shape index (κ2) is 11.0. The number of carbonyl (C=O) groups excluding carboxylic acids is 1. The molecule has 0 aromatic heterocycles. The number of hydrogen-bond acceptors (Lipinski definition) is 5. The van der Waals surface area contributed by atoms with Gasteiger partial charge < -0.3 is 20.3 Å². The minimum Gasteiger partial charge on any atom is -0.411 e. The SMILES string of the molecule is CCN(CCCNC(=O)C=NO)CCCN(C)C. The van der Waals surface area contributed by atoms with Crippen LogP contribution in [0.25, 0.3) is 0 Å². The zero-order valence-electron chi connectivity index (χ0n) is 11.7. The van der Waals surface area contributed by atoms with Crippen LogP contribution >= 0.6 is 0 Å². The zero-order valence-corrected chi connectivity index (χ0v) is 11.7. The first kappa shape index (κ1) is 16.9. The Hall–Kier alpha value is -1.14. The number of rotatable bonds is 10. The number of amides is 1. The van der Waals surface area contributed by atoms with Crippen LogP contribution in [0.5, 0.6) is 0 Å². The van der Waals surface area contributed by atoms with Crippen molar-refractivity contribution >= 4 is 12.1 Å². The van der Waals surface area contributed by atoms with Crippen molar-refractivity contribution in [3.63, 3.8) is 0 Å². The van der Waals surface area contributed by atoms with Crippen molar-refractivity contribution in [3.8, 4) is 0 Å². The van der Waals surface area contributed by atoms with Crippen LogP contribution in [0.4, 0.5) is 0 Å². The van der Waals surface area contributed by atoms with Crippen molar-refractivity contribution in [2.75, 3.05) is 46.8 Å². The zero-order chi connectivity index (χ0) is 13.8. The fraction of sp³-hybridized carbons (Fsp3) is 0.833. The first-order chi connectivity index (χ1) is 8.60. The smallest absolute Gasteiger partial charge is 0.265 e. The van der Waals surface area contributed by atoms with Gasteiger partial charge in [-0.2, -0.15) is 0 Å². The van der Waals surface area contributed by atoms with Crippen LogP contribution in [-0.2, 0) is 4.79 Å². The Kier molecular flexibility index (Phi) is 10.3. The lowest BCUT2D eigenvalue weighted by molar-refractivity contribution is -0.114. The molecule has 2 N–H and O–H groups in total. The molecule has 0 atom stereocenters. The molecule has 0 aromatic rings. The Labute approximate surface area is 110 Å². The quantitative estimate of drug-likeness (QED) is 0.255. The lowest BCUT2D eigenvalue weighted by atomic mass is 10.3. The van der Waals surface area contributed by atoms with Crippen molar-refractivity contribution in [1.29, 1.82) is 0 Å². The van der Waals surface area contributed by atoms with Crippen molar-refractivity contribution < 1.29 is 10.0 Å². The van der Waals surface area contributed by atoms with E-state index in [1.807, 2.05) is 0 Å². The molecular formula is C12H26N4O2. The number of oxime groups is 1. The van der Waals surface area contributed by atoms with Crippen LogP contribution < -0.4 is 5.32 Å². The molecule has 0 fully saturated rings. The summed E-state index contributed by atoms with van der Waals surface area (Å²) in [5.41, 5.74) is 0. The highest BCUT2D eigenvalue weighted by Crippen LogP contribution is 1.94. The van der Waals surface area contributed by atoms with Gasteiger partial charge in [0.25, 0.3) is 5.91 Å². The molecule has 6 heteroatoms. The standard InChI is InChI=1S/C12H26N4O2/c1-4-16(10-6-8-15(2)3)9-5-7-13-12(17)11-14-18/h11,18H,4-10H2,1-3H3,(H,13,17). The third-order valence-electron chi connectivity index (χ3n) is 2.65. The van der Waals surface area contributed by atoms with E-state index in [2.05, 4.69) is 41.3 Å². The predicted molar refractivity (Wildman–Crippen MR) is 73.2 cm³/mol. The molecule has 0 aliphatic rings. The Balaban J connectivity index is 3.58. The predicted octanol–water partition coefficient (Wildman–Crippen LogP) is 0.226. The van der Waals surface area contributed by atoms with Crippen LogP contribution in [0.3, 0.4) is 0 Å². The van der Waals surface area contributed by atoms with E-state index >= 15 is 0 Å². The topological polar surface area (TPSA) is 68.2 Å². The third-order valence-corrected chi connectivity index (χ3v) is 2.65. The number of hydrogen-bond donors (Lipinski definition) is 2. The highest BCUT2D eigenvalue weighted by Gasteiger charge is 2.03. The Morgan fingerprint density at radius 2 is 1.94 bits per heavy atom. The van der Waals surface area contributed by atoms with E-state index in [1.54, 1.807) is 0 Å². The minimum absolute atomic E-state index is 0.354. The van der Waals surface area contributed by atoms with Gasteiger partial charge in [-0.1, -0.05) is 12.1 Å². The molecule has 0 saturated carbocycles. The van der Waals surface area contributed by atoms with Crippen LogP contribution in [0.15, 0.2) is 5.16 Å². The van der Waals surface area contributed by atoms with E-state index in [9.17, 15) is 4.79 Å². The van der Waals surface area contributed by atoms with Gasteiger partial charge in [-0.05, 0) is 53.1 Å². The molecule has 18 heavy (non-hydrogen) atoms. The molecule has 0 heterocycles. The van der Waals surface area contributed by atoms with Crippen LogP contribution in [0, 0.1) is 0 Å². The molecule has 0 aromatic carbocycles. The summed E-state index contributed by atoms with van der Waals surface area (Å²) in [5.74, 6) is -0.354. The van der Waals surface area contributed by atoms with E-state index in [0.717, 1.165) is 45.2 Å². The number of nitrogens with one attached hydrogen (secondary N) is 1. The van der Waals surface area contributed by atoms with Gasteiger partial charge in [-0.3, -0.25) is 4.79 Å². The largest absolute Gasteiger partial charge is 0.411 e. The Morgan fingerprint density at radius 1 is 1.28 bits per heavy atom. The molecule has 0 saturated heterocycles. The first-order valence-electron chi connectivity index (χ1n) is 6.42. The van der Waals surface area contributed by atoms with Crippen molar-refractivity contribution in [3.05, 3.63) is 0 Å². The van der Waals surface area contributed by atoms with E-state index in [1.165, 1.54) is 0 Å². The summed E-state index contributed by atoms with van der Waals surface area (Å²) in [6, 6.07) is 0. The van der Waals surface area contributed by atoms with E-state index in [-0.39, 0.29) is 5.91 Å². The maximum atomic E-state index is 11.0. The van der Waals surface area contributed by atoms with Gasteiger partial charge >= 0.3 is 0 Å². The summed E-state index contributed by atoms with van der Waals surface area (Å²) in [7, 11) is 4.16. The highest BCUT2D eigenvalue weighted by atomic mass is 16.4. The molecular weight excluding hydrogens is 232 g/mol. The summed E-state index contributed by atoms with van der Waals surface area (Å²) >= 11 is 0. The summed E-state index contributed by atoms with van der Waals surface area (Å²) in [6.07, 6.45) is 2.93. The van der Waals surface area contributed by atoms with Crippen LogP contribution in [0.2, 0.25) is 0 Å².